The quantitative estimate of drug-likeness (QED) is 0.146. The summed E-state index contributed by atoms with van der Waals surface area (Å²) >= 11 is 0. The number of aromatic carboxylic acids is 1. The lowest BCUT2D eigenvalue weighted by Gasteiger charge is -2.15. The van der Waals surface area contributed by atoms with Crippen LogP contribution < -0.4 is 15.4 Å². The summed E-state index contributed by atoms with van der Waals surface area (Å²) in [6.07, 6.45) is 0.991. The van der Waals surface area contributed by atoms with Crippen molar-refractivity contribution in [2.75, 3.05) is 36.9 Å². The van der Waals surface area contributed by atoms with E-state index in [0.29, 0.717) is 40.7 Å². The molecule has 236 valence electrons. The summed E-state index contributed by atoms with van der Waals surface area (Å²) < 4.78 is 11.1. The second-order valence-corrected chi connectivity index (χ2v) is 10.1. The van der Waals surface area contributed by atoms with Crippen LogP contribution in [0.5, 0.6) is 5.75 Å². The summed E-state index contributed by atoms with van der Waals surface area (Å²) in [5, 5.41) is 37.4. The molecule has 0 spiro atoms. The molecule has 0 aliphatic heterocycles. The van der Waals surface area contributed by atoms with Crippen molar-refractivity contribution in [1.82, 2.24) is 30.1 Å². The Morgan fingerprint density at radius 2 is 1.48 bits per heavy atom. The van der Waals surface area contributed by atoms with Crippen LogP contribution in [0.3, 0.4) is 0 Å². The molecular formula is C30H40N8O6. The Kier molecular flexibility index (Phi) is 12.5. The standard InChI is InChI=1S/C21H27N5O4.C9H13N3O2/c1-5-6-22-21-23-14(4)9-17(24-21)20-25-19(26-30-20)15-7-12(2)18(13(3)8-15)29-11-16(28)10-27;1-3-4-10-9-11-6(2)5-7(12-9)8(13)14/h7-9,16,27-28H,5-6,10-11H2,1-4H3,(H,22,23,24);5H,3-4H2,1-2H3,(H,13,14)(H,10,11,12). The summed E-state index contributed by atoms with van der Waals surface area (Å²) in [5.41, 5.74) is 4.55. The molecule has 0 saturated carbocycles. The van der Waals surface area contributed by atoms with Crippen LogP contribution >= 0.6 is 0 Å². The van der Waals surface area contributed by atoms with Crippen molar-refractivity contribution >= 4 is 17.9 Å². The van der Waals surface area contributed by atoms with Gasteiger partial charge >= 0.3 is 5.97 Å². The van der Waals surface area contributed by atoms with Gasteiger partial charge in [-0.25, -0.2) is 24.7 Å². The number of hydrogen-bond acceptors (Lipinski definition) is 13. The van der Waals surface area contributed by atoms with Crippen LogP contribution in [0.4, 0.5) is 11.9 Å². The third kappa shape index (κ3) is 9.67. The van der Waals surface area contributed by atoms with E-state index in [9.17, 15) is 9.90 Å². The van der Waals surface area contributed by atoms with Crippen LogP contribution in [0, 0.1) is 27.7 Å². The highest BCUT2D eigenvalue weighted by atomic mass is 16.5. The number of nitrogens with zero attached hydrogens (tertiary/aromatic N) is 6. The number of anilines is 2. The van der Waals surface area contributed by atoms with Gasteiger partial charge in [0.15, 0.2) is 5.69 Å². The summed E-state index contributed by atoms with van der Waals surface area (Å²) in [4.78, 5) is 31.9. The highest BCUT2D eigenvalue weighted by molar-refractivity contribution is 5.85. The average molecular weight is 609 g/mol. The Hall–Kier alpha value is -4.69. The lowest BCUT2D eigenvalue weighted by atomic mass is 10.1. The molecular weight excluding hydrogens is 568 g/mol. The maximum absolute atomic E-state index is 10.7. The zero-order chi connectivity index (χ0) is 32.2. The highest BCUT2D eigenvalue weighted by Crippen LogP contribution is 2.30. The van der Waals surface area contributed by atoms with E-state index in [1.54, 1.807) is 13.0 Å². The fourth-order valence-corrected chi connectivity index (χ4v) is 3.97. The molecule has 14 nitrogen and oxygen atoms in total. The normalized spacial score (nSPS) is 11.4. The van der Waals surface area contributed by atoms with Gasteiger partial charge in [0.1, 0.15) is 24.2 Å². The minimum atomic E-state index is -1.03. The van der Waals surface area contributed by atoms with Crippen molar-refractivity contribution in [3.63, 3.8) is 0 Å². The van der Waals surface area contributed by atoms with Crippen LogP contribution in [-0.4, -0.2) is 83.8 Å². The van der Waals surface area contributed by atoms with Gasteiger partial charge < -0.3 is 35.2 Å². The van der Waals surface area contributed by atoms with E-state index in [-0.39, 0.29) is 18.9 Å². The fourth-order valence-electron chi connectivity index (χ4n) is 3.97. The number of carbonyl (C=O) groups is 1. The number of nitrogens with one attached hydrogen (secondary N) is 2. The molecule has 3 aromatic heterocycles. The zero-order valence-electron chi connectivity index (χ0n) is 25.9. The first-order valence-electron chi connectivity index (χ1n) is 14.3. The third-order valence-corrected chi connectivity index (χ3v) is 5.99. The lowest BCUT2D eigenvalue weighted by molar-refractivity contribution is 0.0532. The molecule has 3 heterocycles. The van der Waals surface area contributed by atoms with Gasteiger partial charge in [-0.05, 0) is 75.9 Å². The predicted molar refractivity (Wildman–Crippen MR) is 165 cm³/mol. The average Bonchev–Trinajstić information content (AvgIpc) is 3.49. The molecule has 4 rings (SSSR count). The first-order valence-corrected chi connectivity index (χ1v) is 14.3. The predicted octanol–water partition coefficient (Wildman–Crippen LogP) is 3.98. The minimum Gasteiger partial charge on any atom is -0.490 e. The molecule has 1 aromatic carbocycles. The van der Waals surface area contributed by atoms with E-state index >= 15 is 0 Å². The number of aromatic nitrogens is 6. The van der Waals surface area contributed by atoms with E-state index in [4.69, 9.17) is 19.5 Å². The number of aryl methyl sites for hydroxylation is 4. The Balaban J connectivity index is 0.000000317. The molecule has 5 N–H and O–H groups in total. The number of ether oxygens (including phenoxy) is 1. The van der Waals surface area contributed by atoms with Crippen molar-refractivity contribution in [2.24, 2.45) is 0 Å². The Morgan fingerprint density at radius 1 is 0.886 bits per heavy atom. The molecule has 0 radical (unpaired) electrons. The van der Waals surface area contributed by atoms with Gasteiger partial charge in [-0.15, -0.1) is 0 Å². The van der Waals surface area contributed by atoms with Crippen LogP contribution in [0.2, 0.25) is 0 Å². The summed E-state index contributed by atoms with van der Waals surface area (Å²) in [5.74, 6) is 1.30. The molecule has 14 heteroatoms. The number of rotatable bonds is 13. The summed E-state index contributed by atoms with van der Waals surface area (Å²) in [6, 6.07) is 7.03. The Bertz CT molecular complexity index is 1520. The van der Waals surface area contributed by atoms with Crippen molar-refractivity contribution in [3.05, 3.63) is 52.5 Å². The van der Waals surface area contributed by atoms with E-state index in [1.165, 1.54) is 6.07 Å². The zero-order valence-corrected chi connectivity index (χ0v) is 25.9. The maximum Gasteiger partial charge on any atom is 0.354 e. The molecule has 44 heavy (non-hydrogen) atoms. The number of aliphatic hydroxyl groups excluding tert-OH is 2. The highest BCUT2D eigenvalue weighted by Gasteiger charge is 2.17. The van der Waals surface area contributed by atoms with Crippen LogP contribution in [0.15, 0.2) is 28.8 Å². The maximum atomic E-state index is 10.7. The molecule has 0 aliphatic carbocycles. The molecule has 0 amide bonds. The number of carboxylic acids is 1. The van der Waals surface area contributed by atoms with Gasteiger partial charge in [-0.1, -0.05) is 19.0 Å². The Labute approximate surface area is 256 Å². The molecule has 4 aromatic rings. The summed E-state index contributed by atoms with van der Waals surface area (Å²) in [7, 11) is 0. The van der Waals surface area contributed by atoms with Gasteiger partial charge in [-0.2, -0.15) is 4.98 Å². The topological polar surface area (TPSA) is 202 Å². The number of benzene rings is 1. The smallest absolute Gasteiger partial charge is 0.354 e. The van der Waals surface area contributed by atoms with Crippen molar-refractivity contribution < 1.29 is 29.4 Å². The van der Waals surface area contributed by atoms with Gasteiger partial charge in [0.2, 0.25) is 17.7 Å². The largest absolute Gasteiger partial charge is 0.490 e. The minimum absolute atomic E-state index is 0.0192. The molecule has 1 unspecified atom stereocenters. The molecule has 1 atom stereocenters. The Morgan fingerprint density at radius 3 is 2.05 bits per heavy atom. The van der Waals surface area contributed by atoms with Gasteiger partial charge in [0, 0.05) is 30.0 Å². The van der Waals surface area contributed by atoms with E-state index in [0.717, 1.165) is 48.3 Å². The SMILES string of the molecule is CCCNc1nc(C)cc(-c2nc(-c3cc(C)c(OCC(O)CO)c(C)c3)no2)n1.CCCNc1nc(C)cc(C(=O)O)n1. The third-order valence-electron chi connectivity index (χ3n) is 5.99. The first kappa shape index (κ1) is 33.8. The number of hydrogen-bond donors (Lipinski definition) is 5. The van der Waals surface area contributed by atoms with Gasteiger partial charge in [-0.3, -0.25) is 0 Å². The van der Waals surface area contributed by atoms with Crippen molar-refractivity contribution in [3.8, 4) is 28.7 Å². The van der Waals surface area contributed by atoms with Gasteiger partial charge in [0.05, 0.1) is 6.61 Å². The van der Waals surface area contributed by atoms with Gasteiger partial charge in [0.25, 0.3) is 5.89 Å². The molecule has 0 fully saturated rings. The van der Waals surface area contributed by atoms with E-state index in [2.05, 4.69) is 47.6 Å². The monoisotopic (exact) mass is 608 g/mol. The van der Waals surface area contributed by atoms with Crippen LogP contribution in [-0.2, 0) is 0 Å². The molecule has 0 saturated heterocycles. The van der Waals surface area contributed by atoms with E-state index in [1.807, 2.05) is 39.8 Å². The second-order valence-electron chi connectivity index (χ2n) is 10.1. The number of carboxylic acid groups (broad SMARTS) is 1. The van der Waals surface area contributed by atoms with Crippen LogP contribution in [0.1, 0.15) is 59.7 Å². The lowest BCUT2D eigenvalue weighted by Crippen LogP contribution is -2.21. The second kappa shape index (κ2) is 16.2. The fraction of sp³-hybridized carbons (Fsp3) is 0.433. The van der Waals surface area contributed by atoms with E-state index < -0.39 is 12.1 Å². The number of aliphatic hydroxyl groups is 2. The van der Waals surface area contributed by atoms with Crippen LogP contribution in [0.25, 0.3) is 23.0 Å². The summed E-state index contributed by atoms with van der Waals surface area (Å²) in [6.45, 7) is 12.7. The first-order chi connectivity index (χ1) is 21.0. The molecule has 0 bridgehead atoms. The molecule has 0 aliphatic rings. The van der Waals surface area contributed by atoms with Crippen molar-refractivity contribution in [2.45, 2.75) is 60.5 Å². The van der Waals surface area contributed by atoms with Crippen molar-refractivity contribution in [1.29, 1.82) is 0 Å².